The average Bonchev–Trinajstić information content (AvgIpc) is 2.04. The zero-order chi connectivity index (χ0) is 8.55. The monoisotopic (exact) mass is 182 g/mol. The van der Waals surface area contributed by atoms with E-state index in [0.29, 0.717) is 5.75 Å². The number of rotatable bonds is 0. The van der Waals surface area contributed by atoms with Gasteiger partial charge in [-0.2, -0.15) is 0 Å². The van der Waals surface area contributed by atoms with Gasteiger partial charge < -0.3 is 10.2 Å². The summed E-state index contributed by atoms with van der Waals surface area (Å²) < 4.78 is 0. The fraction of sp³-hybridized carbons (Fsp3) is 0.333. The average molecular weight is 182 g/mol. The van der Waals surface area contributed by atoms with E-state index in [-0.39, 0.29) is 5.44 Å². The summed E-state index contributed by atoms with van der Waals surface area (Å²) in [7, 11) is 0. The van der Waals surface area contributed by atoms with Crippen molar-refractivity contribution in [3.8, 4) is 5.75 Å². The number of hydrogen-bond acceptors (Lipinski definition) is 3. The van der Waals surface area contributed by atoms with E-state index < -0.39 is 0 Å². The van der Waals surface area contributed by atoms with Crippen LogP contribution in [0.4, 0.5) is 0 Å². The maximum atomic E-state index is 9.45. The minimum absolute atomic E-state index is 0.306. The van der Waals surface area contributed by atoms with Crippen LogP contribution in [-0.4, -0.2) is 15.6 Å². The summed E-state index contributed by atoms with van der Waals surface area (Å²) >= 11 is 1.42. The lowest BCUT2D eigenvalue weighted by molar-refractivity contribution is 0.249. The number of thioether (sulfide) groups is 1. The highest BCUT2D eigenvalue weighted by molar-refractivity contribution is 7.99. The molecule has 0 fully saturated rings. The SMILES string of the molecule is Oc1cccc2c1CCC(O)S2. The second-order valence-corrected chi connectivity index (χ2v) is 4.08. The Morgan fingerprint density at radius 3 is 3.08 bits per heavy atom. The molecule has 1 heterocycles. The van der Waals surface area contributed by atoms with Gasteiger partial charge >= 0.3 is 0 Å². The largest absolute Gasteiger partial charge is 0.508 e. The van der Waals surface area contributed by atoms with E-state index >= 15 is 0 Å². The highest BCUT2D eigenvalue weighted by atomic mass is 32.2. The predicted molar refractivity (Wildman–Crippen MR) is 48.3 cm³/mol. The number of phenols is 1. The number of aromatic hydroxyl groups is 1. The first-order valence-electron chi connectivity index (χ1n) is 3.93. The maximum absolute atomic E-state index is 9.45. The first-order valence-corrected chi connectivity index (χ1v) is 4.81. The third-order valence-electron chi connectivity index (χ3n) is 2.01. The summed E-state index contributed by atoms with van der Waals surface area (Å²) in [4.78, 5) is 1.01. The molecule has 64 valence electrons. The zero-order valence-corrected chi connectivity index (χ0v) is 7.34. The van der Waals surface area contributed by atoms with Gasteiger partial charge in [-0.25, -0.2) is 0 Å². The van der Waals surface area contributed by atoms with Crippen LogP contribution in [0.1, 0.15) is 12.0 Å². The van der Waals surface area contributed by atoms with Crippen LogP contribution < -0.4 is 0 Å². The molecule has 0 bridgehead atoms. The quantitative estimate of drug-likeness (QED) is 0.642. The molecule has 0 aliphatic carbocycles. The van der Waals surface area contributed by atoms with Crippen LogP contribution in [0.15, 0.2) is 23.1 Å². The standard InChI is InChI=1S/C9H10O2S/c10-7-2-1-3-8-6(7)4-5-9(11)12-8/h1-3,9-11H,4-5H2. The molecule has 1 atom stereocenters. The van der Waals surface area contributed by atoms with Crippen molar-refractivity contribution in [2.45, 2.75) is 23.2 Å². The van der Waals surface area contributed by atoms with Crippen molar-refractivity contribution in [3.63, 3.8) is 0 Å². The van der Waals surface area contributed by atoms with Gasteiger partial charge in [-0.15, -0.1) is 0 Å². The van der Waals surface area contributed by atoms with E-state index in [4.69, 9.17) is 0 Å². The third-order valence-corrected chi connectivity index (χ3v) is 3.16. The summed E-state index contributed by atoms with van der Waals surface area (Å²) in [5.74, 6) is 0.354. The van der Waals surface area contributed by atoms with Crippen molar-refractivity contribution in [2.75, 3.05) is 0 Å². The molecule has 1 aliphatic rings. The van der Waals surface area contributed by atoms with E-state index in [1.165, 1.54) is 11.8 Å². The smallest absolute Gasteiger partial charge is 0.119 e. The van der Waals surface area contributed by atoms with Crippen molar-refractivity contribution in [1.29, 1.82) is 0 Å². The van der Waals surface area contributed by atoms with Gasteiger partial charge in [0.1, 0.15) is 11.2 Å². The molecule has 0 amide bonds. The first-order chi connectivity index (χ1) is 5.77. The molecule has 2 nitrogen and oxygen atoms in total. The van der Waals surface area contributed by atoms with Crippen molar-refractivity contribution in [2.24, 2.45) is 0 Å². The lowest BCUT2D eigenvalue weighted by Gasteiger charge is -2.20. The lowest BCUT2D eigenvalue weighted by Crippen LogP contribution is -2.09. The summed E-state index contributed by atoms with van der Waals surface area (Å²) in [6.07, 6.45) is 1.51. The summed E-state index contributed by atoms with van der Waals surface area (Å²) in [5, 5.41) is 18.8. The molecule has 0 radical (unpaired) electrons. The topological polar surface area (TPSA) is 40.5 Å². The Morgan fingerprint density at radius 1 is 1.42 bits per heavy atom. The van der Waals surface area contributed by atoms with Crippen molar-refractivity contribution >= 4 is 11.8 Å². The van der Waals surface area contributed by atoms with Crippen molar-refractivity contribution in [3.05, 3.63) is 23.8 Å². The normalized spacial score (nSPS) is 21.9. The highest BCUT2D eigenvalue weighted by Crippen LogP contribution is 2.37. The van der Waals surface area contributed by atoms with Crippen molar-refractivity contribution < 1.29 is 10.2 Å². The minimum atomic E-state index is -0.306. The Labute approximate surface area is 75.2 Å². The summed E-state index contributed by atoms with van der Waals surface area (Å²) in [6, 6.07) is 5.43. The maximum Gasteiger partial charge on any atom is 0.119 e. The number of aliphatic hydroxyl groups is 1. The first kappa shape index (κ1) is 7.95. The molecule has 1 unspecified atom stereocenters. The van der Waals surface area contributed by atoms with E-state index in [9.17, 15) is 10.2 Å². The number of fused-ring (bicyclic) bond motifs is 1. The molecule has 12 heavy (non-hydrogen) atoms. The Balaban J connectivity index is 2.42. The molecular weight excluding hydrogens is 172 g/mol. The van der Waals surface area contributed by atoms with Crippen LogP contribution in [-0.2, 0) is 6.42 Å². The summed E-state index contributed by atoms with van der Waals surface area (Å²) in [5.41, 5.74) is 0.673. The third kappa shape index (κ3) is 1.30. The van der Waals surface area contributed by atoms with Crippen LogP contribution >= 0.6 is 11.8 Å². The summed E-state index contributed by atoms with van der Waals surface area (Å²) in [6.45, 7) is 0. The number of benzene rings is 1. The zero-order valence-electron chi connectivity index (χ0n) is 6.53. The van der Waals surface area contributed by atoms with E-state index in [0.717, 1.165) is 23.3 Å². The molecule has 0 spiro atoms. The Kier molecular flexibility index (Phi) is 1.98. The highest BCUT2D eigenvalue weighted by Gasteiger charge is 2.18. The molecule has 0 saturated heterocycles. The molecule has 1 aliphatic heterocycles. The number of phenolic OH excluding ortho intramolecular Hbond substituents is 1. The minimum Gasteiger partial charge on any atom is -0.508 e. The number of aliphatic hydroxyl groups excluding tert-OH is 1. The van der Waals surface area contributed by atoms with Crippen LogP contribution in [0.5, 0.6) is 5.75 Å². The molecule has 1 aromatic rings. The molecular formula is C9H10O2S. The molecule has 2 rings (SSSR count). The van der Waals surface area contributed by atoms with E-state index in [1.54, 1.807) is 12.1 Å². The number of hydrogen-bond donors (Lipinski definition) is 2. The van der Waals surface area contributed by atoms with Gasteiger partial charge in [-0.1, -0.05) is 17.8 Å². The van der Waals surface area contributed by atoms with Gasteiger partial charge in [0.25, 0.3) is 0 Å². The van der Waals surface area contributed by atoms with Gasteiger partial charge in [0.2, 0.25) is 0 Å². The van der Waals surface area contributed by atoms with Crippen LogP contribution in [0.3, 0.4) is 0 Å². The fourth-order valence-electron chi connectivity index (χ4n) is 1.39. The fourth-order valence-corrected chi connectivity index (χ4v) is 2.42. The molecule has 0 saturated carbocycles. The molecule has 1 aromatic carbocycles. The van der Waals surface area contributed by atoms with Gasteiger partial charge in [0, 0.05) is 10.5 Å². The second kappa shape index (κ2) is 2.99. The van der Waals surface area contributed by atoms with Gasteiger partial charge in [-0.3, -0.25) is 0 Å². The van der Waals surface area contributed by atoms with Gasteiger partial charge in [0.05, 0.1) is 0 Å². The van der Waals surface area contributed by atoms with Crippen LogP contribution in [0, 0.1) is 0 Å². The Morgan fingerprint density at radius 2 is 2.25 bits per heavy atom. The molecule has 0 aromatic heterocycles. The lowest BCUT2D eigenvalue weighted by atomic mass is 10.1. The Hall–Kier alpha value is -0.670. The van der Waals surface area contributed by atoms with E-state index in [1.807, 2.05) is 6.07 Å². The van der Waals surface area contributed by atoms with E-state index in [2.05, 4.69) is 0 Å². The molecule has 3 heteroatoms. The second-order valence-electron chi connectivity index (χ2n) is 2.87. The predicted octanol–water partition coefficient (Wildman–Crippen LogP) is 1.75. The van der Waals surface area contributed by atoms with Gasteiger partial charge in [-0.05, 0) is 25.0 Å². The van der Waals surface area contributed by atoms with Crippen LogP contribution in [0.25, 0.3) is 0 Å². The van der Waals surface area contributed by atoms with Crippen LogP contribution in [0.2, 0.25) is 0 Å². The Bertz CT molecular complexity index is 299. The van der Waals surface area contributed by atoms with Gasteiger partial charge in [0.15, 0.2) is 0 Å². The van der Waals surface area contributed by atoms with Crippen molar-refractivity contribution in [1.82, 2.24) is 0 Å². The molecule has 2 N–H and O–H groups in total.